The maximum absolute atomic E-state index is 12.9. The van der Waals surface area contributed by atoms with Crippen LogP contribution in [0.25, 0.3) is 0 Å². The van der Waals surface area contributed by atoms with Gasteiger partial charge < -0.3 is 34.3 Å². The SMILES string of the molecule is CCCCCCCC/C=C\CCCCCCCCCCCCOCC(COC1OC(CO)C(O)C(OS(=O)(=O)O)C1O)OC(=O)CCCCCCCCCCCCCCCC. The van der Waals surface area contributed by atoms with Gasteiger partial charge in [-0.25, -0.2) is 4.18 Å². The molecule has 0 aromatic carbocycles. The lowest BCUT2D eigenvalue weighted by molar-refractivity contribution is -0.301. The summed E-state index contributed by atoms with van der Waals surface area (Å²) in [6.07, 6.45) is 35.3. The Kier molecular flexibility index (Phi) is 38.3. The number of unbranched alkanes of at least 4 members (excludes halogenated alkanes) is 29. The lowest BCUT2D eigenvalue weighted by Gasteiger charge is -2.41. The van der Waals surface area contributed by atoms with Gasteiger partial charge in [-0.15, -0.1) is 0 Å². The van der Waals surface area contributed by atoms with Gasteiger partial charge in [-0.3, -0.25) is 9.35 Å². The fourth-order valence-corrected chi connectivity index (χ4v) is 8.35. The summed E-state index contributed by atoms with van der Waals surface area (Å²) in [4.78, 5) is 12.9. The zero-order chi connectivity index (χ0) is 44.7. The van der Waals surface area contributed by atoms with Crippen LogP contribution in [0.3, 0.4) is 0 Å². The van der Waals surface area contributed by atoms with Gasteiger partial charge in [-0.1, -0.05) is 193 Å². The van der Waals surface area contributed by atoms with Crippen molar-refractivity contribution in [2.45, 2.75) is 263 Å². The zero-order valence-corrected chi connectivity index (χ0v) is 39.6. The monoisotopic (exact) mass is 893 g/mol. The van der Waals surface area contributed by atoms with Crippen LogP contribution in [0.15, 0.2) is 12.2 Å². The third kappa shape index (κ3) is 33.9. The molecule has 1 fully saturated rings. The first-order valence-electron chi connectivity index (χ1n) is 24.9. The highest BCUT2D eigenvalue weighted by atomic mass is 32.3. The molecule has 1 saturated heterocycles. The molecule has 0 saturated carbocycles. The summed E-state index contributed by atoms with van der Waals surface area (Å²) in [5.41, 5.74) is 0. The molecule has 4 N–H and O–H groups in total. The van der Waals surface area contributed by atoms with Crippen LogP contribution in [0.4, 0.5) is 0 Å². The molecule has 0 spiro atoms. The summed E-state index contributed by atoms with van der Waals surface area (Å²) in [7, 11) is -5.06. The van der Waals surface area contributed by atoms with Crippen molar-refractivity contribution in [1.82, 2.24) is 0 Å². The molecule has 0 aromatic rings. The molecule has 0 aromatic heterocycles. The van der Waals surface area contributed by atoms with E-state index in [9.17, 15) is 33.1 Å². The van der Waals surface area contributed by atoms with Crippen molar-refractivity contribution in [3.63, 3.8) is 0 Å². The van der Waals surface area contributed by atoms with Gasteiger partial charge in [0.15, 0.2) is 6.29 Å². The fraction of sp³-hybridized carbons (Fsp3) is 0.938. The number of carbonyl (C=O) groups is 1. The molecule has 6 atom stereocenters. The number of esters is 1. The predicted octanol–water partition coefficient (Wildman–Crippen LogP) is 11.0. The predicted molar refractivity (Wildman–Crippen MR) is 244 cm³/mol. The lowest BCUT2D eigenvalue weighted by atomic mass is 9.99. The number of carbonyl (C=O) groups excluding carboxylic acids is 1. The van der Waals surface area contributed by atoms with Gasteiger partial charge in [-0.2, -0.15) is 8.42 Å². The van der Waals surface area contributed by atoms with Gasteiger partial charge in [0.1, 0.15) is 30.5 Å². The fourth-order valence-electron chi connectivity index (χ4n) is 7.85. The molecule has 1 aliphatic heterocycles. The Morgan fingerprint density at radius 2 is 1.03 bits per heavy atom. The van der Waals surface area contributed by atoms with Crippen molar-refractivity contribution in [2.75, 3.05) is 26.4 Å². The minimum atomic E-state index is -5.06. The highest BCUT2D eigenvalue weighted by molar-refractivity contribution is 7.80. The van der Waals surface area contributed by atoms with E-state index in [2.05, 4.69) is 30.2 Å². The van der Waals surface area contributed by atoms with E-state index in [1.807, 2.05) is 0 Å². The maximum Gasteiger partial charge on any atom is 0.397 e. The average molecular weight is 893 g/mol. The van der Waals surface area contributed by atoms with Gasteiger partial charge >= 0.3 is 16.4 Å². The number of hydrogen-bond acceptors (Lipinski definition) is 11. The molecule has 1 aliphatic rings. The van der Waals surface area contributed by atoms with Crippen LogP contribution in [0, 0.1) is 0 Å². The first kappa shape index (κ1) is 57.9. The van der Waals surface area contributed by atoms with E-state index in [4.69, 9.17) is 18.9 Å². The number of hydrogen-bond donors (Lipinski definition) is 4. The first-order chi connectivity index (χ1) is 29.6. The second-order valence-corrected chi connectivity index (χ2v) is 18.5. The van der Waals surface area contributed by atoms with Crippen LogP contribution in [-0.2, 0) is 38.3 Å². The van der Waals surface area contributed by atoms with Gasteiger partial charge in [0.2, 0.25) is 0 Å². The number of aliphatic hydroxyl groups excluding tert-OH is 3. The van der Waals surface area contributed by atoms with E-state index in [0.717, 1.165) is 38.5 Å². The Bertz CT molecular complexity index is 1120. The summed E-state index contributed by atoms with van der Waals surface area (Å²) in [5.74, 6) is -0.395. The molecule has 1 heterocycles. The highest BCUT2D eigenvalue weighted by Gasteiger charge is 2.48. The van der Waals surface area contributed by atoms with Crippen LogP contribution in [0.1, 0.15) is 226 Å². The van der Waals surface area contributed by atoms with E-state index in [1.54, 1.807) is 0 Å². The van der Waals surface area contributed by atoms with Crippen molar-refractivity contribution < 1.29 is 56.2 Å². The summed E-state index contributed by atoms with van der Waals surface area (Å²) >= 11 is 0. The van der Waals surface area contributed by atoms with Gasteiger partial charge in [0.25, 0.3) is 0 Å². The lowest BCUT2D eigenvalue weighted by Crippen LogP contribution is -2.60. The largest absolute Gasteiger partial charge is 0.457 e. The van der Waals surface area contributed by atoms with Crippen molar-refractivity contribution in [1.29, 1.82) is 0 Å². The van der Waals surface area contributed by atoms with Gasteiger partial charge in [-0.05, 0) is 38.5 Å². The van der Waals surface area contributed by atoms with Crippen molar-refractivity contribution in [3.05, 3.63) is 12.2 Å². The number of allylic oxidation sites excluding steroid dienone is 2. The van der Waals surface area contributed by atoms with Gasteiger partial charge in [0.05, 0.1) is 19.8 Å². The standard InChI is InChI=1S/C48H92O12S/c1-3-5-7-9-11-13-15-17-19-20-21-22-23-24-26-28-30-32-34-36-38-56-40-42(41-57-48-46(52)47(60-61(53,54)55)45(51)43(39-49)59-48)58-44(50)37-35-33-31-29-27-25-18-16-14-12-10-8-6-4-2/h17,19,42-43,45-49,51-52H,3-16,18,20-41H2,1-2H3,(H,53,54,55)/b19-17-. The molecule has 0 amide bonds. The van der Waals surface area contributed by atoms with Crippen molar-refractivity contribution >= 4 is 16.4 Å². The Morgan fingerprint density at radius 3 is 1.48 bits per heavy atom. The first-order valence-corrected chi connectivity index (χ1v) is 26.3. The Hall–Kier alpha value is -1.16. The molecular weight excluding hydrogens is 801 g/mol. The van der Waals surface area contributed by atoms with E-state index >= 15 is 0 Å². The highest BCUT2D eigenvalue weighted by Crippen LogP contribution is 2.26. The smallest absolute Gasteiger partial charge is 0.397 e. The molecule has 6 unspecified atom stereocenters. The maximum atomic E-state index is 12.9. The van der Waals surface area contributed by atoms with E-state index < -0.39 is 59.8 Å². The van der Waals surface area contributed by atoms with E-state index in [0.29, 0.717) is 13.0 Å². The quantitative estimate of drug-likeness (QED) is 0.0197. The third-order valence-corrected chi connectivity index (χ3v) is 12.1. The second kappa shape index (κ2) is 40.4. The number of aliphatic hydroxyl groups is 3. The Labute approximate surface area is 372 Å². The summed E-state index contributed by atoms with van der Waals surface area (Å²) in [6, 6.07) is 0. The molecule has 61 heavy (non-hydrogen) atoms. The Morgan fingerprint density at radius 1 is 0.607 bits per heavy atom. The van der Waals surface area contributed by atoms with Crippen molar-refractivity contribution in [2.24, 2.45) is 0 Å². The Balaban J connectivity index is 2.35. The molecule has 362 valence electrons. The average Bonchev–Trinajstić information content (AvgIpc) is 3.23. The molecule has 13 heteroatoms. The summed E-state index contributed by atoms with van der Waals surface area (Å²) in [5, 5.41) is 30.7. The molecule has 0 bridgehead atoms. The van der Waals surface area contributed by atoms with Crippen molar-refractivity contribution in [3.8, 4) is 0 Å². The summed E-state index contributed by atoms with van der Waals surface area (Å²) in [6.45, 7) is 4.02. The number of ether oxygens (including phenoxy) is 4. The minimum Gasteiger partial charge on any atom is -0.457 e. The second-order valence-electron chi connectivity index (χ2n) is 17.4. The molecule has 0 radical (unpaired) electrons. The molecule has 12 nitrogen and oxygen atoms in total. The molecule has 1 rings (SSSR count). The minimum absolute atomic E-state index is 0.0409. The summed E-state index contributed by atoms with van der Waals surface area (Å²) < 4.78 is 59.2. The molecule has 0 aliphatic carbocycles. The van der Waals surface area contributed by atoms with Crippen LogP contribution < -0.4 is 0 Å². The van der Waals surface area contributed by atoms with E-state index in [1.165, 1.54) is 161 Å². The van der Waals surface area contributed by atoms with Gasteiger partial charge in [0, 0.05) is 13.0 Å². The number of rotatable bonds is 44. The van der Waals surface area contributed by atoms with Crippen LogP contribution >= 0.6 is 0 Å². The molecular formula is C48H92O12S. The van der Waals surface area contributed by atoms with Crippen LogP contribution in [0.2, 0.25) is 0 Å². The van der Waals surface area contributed by atoms with E-state index in [-0.39, 0.29) is 19.6 Å². The van der Waals surface area contributed by atoms with Crippen LogP contribution in [0.5, 0.6) is 0 Å². The zero-order valence-electron chi connectivity index (χ0n) is 38.7. The topological polar surface area (TPSA) is 178 Å². The third-order valence-electron chi connectivity index (χ3n) is 11.6. The van der Waals surface area contributed by atoms with Crippen LogP contribution in [-0.4, -0.2) is 97.5 Å². The normalized spacial score (nSPS) is 20.1.